The third-order valence-electron chi connectivity index (χ3n) is 4.81. The van der Waals surface area contributed by atoms with Crippen LogP contribution in [0.2, 0.25) is 0 Å². The summed E-state index contributed by atoms with van der Waals surface area (Å²) in [5, 5.41) is 10.1. The minimum absolute atomic E-state index is 0.141. The van der Waals surface area contributed by atoms with E-state index >= 15 is 0 Å². The van der Waals surface area contributed by atoms with Gasteiger partial charge in [-0.1, -0.05) is 84.0 Å². The number of aliphatic hydroxyl groups excluding tert-OH is 1. The Kier molecular flexibility index (Phi) is 11.2. The van der Waals surface area contributed by atoms with Gasteiger partial charge in [-0.3, -0.25) is 0 Å². The first-order chi connectivity index (χ1) is 11.0. The average molecular weight is 329 g/mol. The fraction of sp³-hybridized carbons (Fsp3) is 1.00. The van der Waals surface area contributed by atoms with Gasteiger partial charge in [0.1, 0.15) is 6.10 Å². The van der Waals surface area contributed by atoms with Crippen LogP contribution in [0.25, 0.3) is 0 Å². The lowest BCUT2D eigenvalue weighted by atomic mass is 10.0. The van der Waals surface area contributed by atoms with Crippen molar-refractivity contribution in [1.29, 1.82) is 0 Å². The fourth-order valence-corrected chi connectivity index (χ4v) is 3.29. The molecule has 0 amide bonds. The highest BCUT2D eigenvalue weighted by Crippen LogP contribution is 2.26. The lowest BCUT2D eigenvalue weighted by molar-refractivity contribution is -0.151. The Morgan fingerprint density at radius 3 is 1.78 bits per heavy atom. The van der Waals surface area contributed by atoms with E-state index in [1.807, 2.05) is 13.8 Å². The van der Waals surface area contributed by atoms with E-state index < -0.39 is 5.79 Å². The first-order valence-corrected chi connectivity index (χ1v) is 10.0. The lowest BCUT2D eigenvalue weighted by Gasteiger charge is -2.20. The number of hydrogen-bond acceptors (Lipinski definition) is 3. The van der Waals surface area contributed by atoms with E-state index in [0.717, 1.165) is 12.8 Å². The van der Waals surface area contributed by atoms with Crippen molar-refractivity contribution in [1.82, 2.24) is 0 Å². The Balaban J connectivity index is 1.83. The smallest absolute Gasteiger partial charge is 0.163 e. The SMILES string of the molecule is CCCCCCCCCCCCCC[C@H](O)[C@@H]1COC(C)(C)O1. The molecule has 0 saturated carbocycles. The van der Waals surface area contributed by atoms with Crippen LogP contribution in [0.4, 0.5) is 0 Å². The van der Waals surface area contributed by atoms with Crippen LogP contribution in [0.1, 0.15) is 104 Å². The van der Waals surface area contributed by atoms with E-state index in [1.54, 1.807) is 0 Å². The van der Waals surface area contributed by atoms with Crippen molar-refractivity contribution in [3.05, 3.63) is 0 Å². The molecular weight excluding hydrogens is 288 g/mol. The minimum atomic E-state index is -0.526. The molecule has 0 aromatic rings. The molecule has 1 fully saturated rings. The predicted octanol–water partition coefficient (Wildman–Crippen LogP) is 5.59. The lowest BCUT2D eigenvalue weighted by Crippen LogP contribution is -2.30. The van der Waals surface area contributed by atoms with Gasteiger partial charge >= 0.3 is 0 Å². The summed E-state index contributed by atoms with van der Waals surface area (Å²) in [7, 11) is 0. The molecule has 0 aromatic carbocycles. The monoisotopic (exact) mass is 328 g/mol. The molecule has 3 nitrogen and oxygen atoms in total. The molecule has 1 rings (SSSR count). The average Bonchev–Trinajstić information content (AvgIpc) is 2.88. The zero-order chi connectivity index (χ0) is 17.0. The van der Waals surface area contributed by atoms with Gasteiger partial charge in [0.15, 0.2) is 5.79 Å². The Labute approximate surface area is 144 Å². The zero-order valence-electron chi connectivity index (χ0n) is 15.8. The van der Waals surface area contributed by atoms with Gasteiger partial charge in [0.25, 0.3) is 0 Å². The number of aliphatic hydroxyl groups is 1. The van der Waals surface area contributed by atoms with Gasteiger partial charge in [-0.2, -0.15) is 0 Å². The van der Waals surface area contributed by atoms with E-state index in [4.69, 9.17) is 9.47 Å². The molecule has 1 aliphatic rings. The summed E-state index contributed by atoms with van der Waals surface area (Å²) in [6.45, 7) is 6.60. The second kappa shape index (κ2) is 12.3. The molecule has 0 aliphatic carbocycles. The van der Waals surface area contributed by atoms with Crippen LogP contribution in [-0.2, 0) is 9.47 Å². The van der Waals surface area contributed by atoms with Crippen molar-refractivity contribution in [2.24, 2.45) is 0 Å². The van der Waals surface area contributed by atoms with E-state index in [2.05, 4.69) is 6.92 Å². The molecule has 0 spiro atoms. The molecule has 1 N–H and O–H groups in total. The number of rotatable bonds is 14. The zero-order valence-corrected chi connectivity index (χ0v) is 15.8. The fourth-order valence-electron chi connectivity index (χ4n) is 3.29. The van der Waals surface area contributed by atoms with Crippen molar-refractivity contribution in [3.8, 4) is 0 Å². The van der Waals surface area contributed by atoms with Gasteiger partial charge in [0.05, 0.1) is 12.7 Å². The molecule has 1 aliphatic heterocycles. The van der Waals surface area contributed by atoms with Crippen LogP contribution >= 0.6 is 0 Å². The van der Waals surface area contributed by atoms with Crippen LogP contribution in [-0.4, -0.2) is 29.7 Å². The third-order valence-corrected chi connectivity index (χ3v) is 4.81. The number of ether oxygens (including phenoxy) is 2. The molecule has 2 atom stereocenters. The summed E-state index contributed by atoms with van der Waals surface area (Å²) in [4.78, 5) is 0. The Hall–Kier alpha value is -0.120. The van der Waals surface area contributed by atoms with E-state index in [9.17, 15) is 5.11 Å². The van der Waals surface area contributed by atoms with Crippen molar-refractivity contribution in [2.75, 3.05) is 6.61 Å². The standard InChI is InChI=1S/C20H40O3/c1-4-5-6-7-8-9-10-11-12-13-14-15-16-18(21)19-17-22-20(2,3)23-19/h18-19,21H,4-17H2,1-3H3/t18-,19-/m0/s1. The van der Waals surface area contributed by atoms with E-state index in [1.165, 1.54) is 70.6 Å². The van der Waals surface area contributed by atoms with Crippen molar-refractivity contribution >= 4 is 0 Å². The molecule has 0 radical (unpaired) electrons. The van der Waals surface area contributed by atoms with Crippen LogP contribution in [0.15, 0.2) is 0 Å². The van der Waals surface area contributed by atoms with Gasteiger partial charge in [-0.05, 0) is 20.3 Å². The summed E-state index contributed by atoms with van der Waals surface area (Å²) >= 11 is 0. The third kappa shape index (κ3) is 10.4. The Bertz CT molecular complexity index is 278. The quantitative estimate of drug-likeness (QED) is 0.422. The van der Waals surface area contributed by atoms with Gasteiger partial charge in [-0.15, -0.1) is 0 Å². The second-order valence-electron chi connectivity index (χ2n) is 7.61. The summed E-state index contributed by atoms with van der Waals surface area (Å²) in [5.74, 6) is -0.526. The summed E-state index contributed by atoms with van der Waals surface area (Å²) in [5.41, 5.74) is 0. The minimum Gasteiger partial charge on any atom is -0.390 e. The summed E-state index contributed by atoms with van der Waals surface area (Å²) in [6, 6.07) is 0. The normalized spacial score (nSPS) is 21.7. The summed E-state index contributed by atoms with van der Waals surface area (Å²) < 4.78 is 11.2. The molecular formula is C20H40O3. The Morgan fingerprint density at radius 2 is 1.35 bits per heavy atom. The maximum absolute atomic E-state index is 10.1. The largest absolute Gasteiger partial charge is 0.390 e. The highest BCUT2D eigenvalue weighted by atomic mass is 16.7. The van der Waals surface area contributed by atoms with Gasteiger partial charge in [0, 0.05) is 0 Å². The highest BCUT2D eigenvalue weighted by molar-refractivity contribution is 4.77. The van der Waals surface area contributed by atoms with E-state index in [-0.39, 0.29) is 12.2 Å². The Morgan fingerprint density at radius 1 is 0.870 bits per heavy atom. The van der Waals surface area contributed by atoms with Crippen LogP contribution in [0.5, 0.6) is 0 Å². The number of hydrogen-bond donors (Lipinski definition) is 1. The maximum Gasteiger partial charge on any atom is 0.163 e. The van der Waals surface area contributed by atoms with Gasteiger partial charge in [0.2, 0.25) is 0 Å². The van der Waals surface area contributed by atoms with Crippen LogP contribution in [0, 0.1) is 0 Å². The van der Waals surface area contributed by atoms with Crippen molar-refractivity contribution in [3.63, 3.8) is 0 Å². The van der Waals surface area contributed by atoms with Gasteiger partial charge in [-0.25, -0.2) is 0 Å². The highest BCUT2D eigenvalue weighted by Gasteiger charge is 2.36. The molecule has 0 unspecified atom stereocenters. The topological polar surface area (TPSA) is 38.7 Å². The molecule has 3 heteroatoms. The van der Waals surface area contributed by atoms with Crippen LogP contribution < -0.4 is 0 Å². The van der Waals surface area contributed by atoms with Gasteiger partial charge < -0.3 is 14.6 Å². The van der Waals surface area contributed by atoms with Crippen LogP contribution in [0.3, 0.4) is 0 Å². The molecule has 23 heavy (non-hydrogen) atoms. The number of unbranched alkanes of at least 4 members (excludes halogenated alkanes) is 11. The van der Waals surface area contributed by atoms with Crippen molar-refractivity contribution in [2.45, 2.75) is 122 Å². The molecule has 0 aromatic heterocycles. The molecule has 138 valence electrons. The predicted molar refractivity (Wildman–Crippen MR) is 96.6 cm³/mol. The molecule has 1 heterocycles. The first-order valence-electron chi connectivity index (χ1n) is 10.0. The van der Waals surface area contributed by atoms with E-state index in [0.29, 0.717) is 6.61 Å². The first kappa shape index (κ1) is 20.9. The molecule has 1 saturated heterocycles. The second-order valence-corrected chi connectivity index (χ2v) is 7.61. The summed E-state index contributed by atoms with van der Waals surface area (Å²) in [6.07, 6.45) is 16.5. The molecule has 0 bridgehead atoms. The van der Waals surface area contributed by atoms with Crippen molar-refractivity contribution < 1.29 is 14.6 Å². The maximum atomic E-state index is 10.1.